The van der Waals surface area contributed by atoms with Gasteiger partial charge in [-0.3, -0.25) is 4.79 Å². The van der Waals surface area contributed by atoms with Gasteiger partial charge in [-0.2, -0.15) is 18.3 Å². The summed E-state index contributed by atoms with van der Waals surface area (Å²) in [6, 6.07) is 11.6. The quantitative estimate of drug-likeness (QED) is 0.680. The predicted molar refractivity (Wildman–Crippen MR) is 77.7 cm³/mol. The molecule has 2 aromatic rings. The number of hydrazone groups is 1. The third-order valence-corrected chi connectivity index (χ3v) is 2.87. The zero-order valence-electron chi connectivity index (χ0n) is 11.7. The van der Waals surface area contributed by atoms with Crippen LogP contribution in [0.3, 0.4) is 0 Å². The lowest BCUT2D eigenvalue weighted by Gasteiger charge is -2.07. The molecule has 2 aromatic carbocycles. The van der Waals surface area contributed by atoms with Crippen LogP contribution in [0.25, 0.3) is 0 Å². The number of aryl methyl sites for hydroxylation is 1. The van der Waals surface area contributed by atoms with Crippen molar-refractivity contribution in [2.45, 2.75) is 13.1 Å². The number of halogens is 3. The Morgan fingerprint density at radius 2 is 1.86 bits per heavy atom. The van der Waals surface area contributed by atoms with Gasteiger partial charge in [0.2, 0.25) is 0 Å². The largest absolute Gasteiger partial charge is 0.416 e. The van der Waals surface area contributed by atoms with E-state index in [0.29, 0.717) is 0 Å². The highest BCUT2D eigenvalue weighted by Crippen LogP contribution is 2.29. The van der Waals surface area contributed by atoms with Crippen LogP contribution in [0.5, 0.6) is 0 Å². The molecule has 0 bridgehead atoms. The molecule has 0 heterocycles. The van der Waals surface area contributed by atoms with Crippen molar-refractivity contribution in [2.75, 3.05) is 0 Å². The summed E-state index contributed by atoms with van der Waals surface area (Å²) < 4.78 is 37.7. The molecular formula is C16H13F3N2O. The topological polar surface area (TPSA) is 41.5 Å². The van der Waals surface area contributed by atoms with Crippen LogP contribution in [0.15, 0.2) is 53.6 Å². The van der Waals surface area contributed by atoms with E-state index in [-0.39, 0.29) is 5.56 Å². The zero-order valence-corrected chi connectivity index (χ0v) is 11.7. The summed E-state index contributed by atoms with van der Waals surface area (Å²) >= 11 is 0. The number of nitrogens with zero attached hydrogens (tertiary/aromatic N) is 1. The van der Waals surface area contributed by atoms with Crippen molar-refractivity contribution in [2.24, 2.45) is 5.10 Å². The lowest BCUT2D eigenvalue weighted by molar-refractivity contribution is -0.137. The van der Waals surface area contributed by atoms with Crippen molar-refractivity contribution in [1.29, 1.82) is 0 Å². The number of hydrogen-bond acceptors (Lipinski definition) is 2. The van der Waals surface area contributed by atoms with Crippen LogP contribution in [0.2, 0.25) is 0 Å². The van der Waals surface area contributed by atoms with Crippen LogP contribution in [0.4, 0.5) is 13.2 Å². The van der Waals surface area contributed by atoms with Gasteiger partial charge in [0, 0.05) is 5.56 Å². The molecule has 6 heteroatoms. The molecule has 0 fully saturated rings. The molecule has 0 spiro atoms. The molecule has 2 rings (SSSR count). The molecule has 1 N–H and O–H groups in total. The van der Waals surface area contributed by atoms with E-state index >= 15 is 0 Å². The second-order valence-electron chi connectivity index (χ2n) is 4.69. The fourth-order valence-electron chi connectivity index (χ4n) is 1.82. The maximum Gasteiger partial charge on any atom is 0.416 e. The van der Waals surface area contributed by atoms with Gasteiger partial charge in [-0.15, -0.1) is 0 Å². The Morgan fingerprint density at radius 1 is 1.14 bits per heavy atom. The number of carbonyl (C=O) groups excluding carboxylic acids is 1. The van der Waals surface area contributed by atoms with E-state index in [2.05, 4.69) is 10.5 Å². The lowest BCUT2D eigenvalue weighted by atomic mass is 10.1. The Morgan fingerprint density at radius 3 is 2.55 bits per heavy atom. The molecule has 0 saturated heterocycles. The third-order valence-electron chi connectivity index (χ3n) is 2.87. The molecule has 0 saturated carbocycles. The minimum atomic E-state index is -4.48. The van der Waals surface area contributed by atoms with E-state index in [1.54, 1.807) is 6.07 Å². The molecule has 0 unspecified atom stereocenters. The van der Waals surface area contributed by atoms with Gasteiger partial charge in [0.05, 0.1) is 11.8 Å². The molecule has 0 radical (unpaired) electrons. The van der Waals surface area contributed by atoms with E-state index in [0.717, 1.165) is 23.3 Å². The molecule has 22 heavy (non-hydrogen) atoms. The summed E-state index contributed by atoms with van der Waals surface area (Å²) in [5, 5.41) is 3.75. The van der Waals surface area contributed by atoms with Crippen molar-refractivity contribution in [3.8, 4) is 0 Å². The Labute approximate surface area is 125 Å². The first-order chi connectivity index (χ1) is 10.4. The van der Waals surface area contributed by atoms with Gasteiger partial charge in [0.25, 0.3) is 5.91 Å². The molecular weight excluding hydrogens is 293 g/mol. The first kappa shape index (κ1) is 15.8. The van der Waals surface area contributed by atoms with Gasteiger partial charge < -0.3 is 0 Å². The number of rotatable bonds is 3. The maximum absolute atomic E-state index is 12.6. The fourth-order valence-corrected chi connectivity index (χ4v) is 1.82. The number of carbonyl (C=O) groups is 1. The summed E-state index contributed by atoms with van der Waals surface area (Å²) in [5.74, 6) is -0.699. The highest BCUT2D eigenvalue weighted by atomic mass is 19.4. The Kier molecular flexibility index (Phi) is 4.60. The first-order valence-electron chi connectivity index (χ1n) is 6.43. The number of benzene rings is 2. The van der Waals surface area contributed by atoms with Crippen LogP contribution in [0.1, 0.15) is 27.0 Å². The number of nitrogens with one attached hydrogen (secondary N) is 1. The van der Waals surface area contributed by atoms with Gasteiger partial charge in [-0.05, 0) is 30.7 Å². The molecule has 114 valence electrons. The van der Waals surface area contributed by atoms with E-state index in [1.807, 2.05) is 25.1 Å². The lowest BCUT2D eigenvalue weighted by Crippen LogP contribution is -2.18. The third kappa shape index (κ3) is 4.18. The predicted octanol–water partition coefficient (Wildman–Crippen LogP) is 3.78. The molecule has 0 atom stereocenters. The molecule has 0 aliphatic rings. The minimum Gasteiger partial charge on any atom is -0.267 e. The average Bonchev–Trinajstić information content (AvgIpc) is 2.46. The number of amides is 1. The summed E-state index contributed by atoms with van der Waals surface area (Å²) in [6.45, 7) is 1.92. The SMILES string of the molecule is Cc1cccc(/C=N\NC(=O)c2cccc(C(F)(F)F)c2)c1. The Bertz CT molecular complexity index is 709. The van der Waals surface area contributed by atoms with E-state index in [1.165, 1.54) is 18.3 Å². The van der Waals surface area contributed by atoms with Crippen LogP contribution >= 0.6 is 0 Å². The second kappa shape index (κ2) is 6.43. The number of alkyl halides is 3. The van der Waals surface area contributed by atoms with E-state index in [4.69, 9.17) is 0 Å². The molecule has 1 amide bonds. The normalized spacial score (nSPS) is 11.6. The standard InChI is InChI=1S/C16H13F3N2O/c1-11-4-2-5-12(8-11)10-20-21-15(22)13-6-3-7-14(9-13)16(17,18)19/h2-10H,1H3,(H,21,22)/b20-10-. The van der Waals surface area contributed by atoms with Gasteiger partial charge in [-0.1, -0.05) is 35.9 Å². The van der Waals surface area contributed by atoms with Crippen molar-refractivity contribution >= 4 is 12.1 Å². The molecule has 0 aliphatic heterocycles. The summed E-state index contributed by atoms with van der Waals surface area (Å²) in [4.78, 5) is 11.8. The van der Waals surface area contributed by atoms with Gasteiger partial charge in [0.1, 0.15) is 0 Å². The second-order valence-corrected chi connectivity index (χ2v) is 4.69. The monoisotopic (exact) mass is 306 g/mol. The highest BCUT2D eigenvalue weighted by Gasteiger charge is 2.30. The minimum absolute atomic E-state index is 0.101. The van der Waals surface area contributed by atoms with Gasteiger partial charge >= 0.3 is 6.18 Å². The maximum atomic E-state index is 12.6. The van der Waals surface area contributed by atoms with E-state index in [9.17, 15) is 18.0 Å². The summed E-state index contributed by atoms with van der Waals surface area (Å²) in [7, 11) is 0. The van der Waals surface area contributed by atoms with Crippen molar-refractivity contribution in [1.82, 2.24) is 5.43 Å². The molecule has 3 nitrogen and oxygen atoms in total. The molecule has 0 aromatic heterocycles. The fraction of sp³-hybridized carbons (Fsp3) is 0.125. The molecule has 0 aliphatic carbocycles. The zero-order chi connectivity index (χ0) is 16.2. The van der Waals surface area contributed by atoms with Crippen molar-refractivity contribution in [3.63, 3.8) is 0 Å². The van der Waals surface area contributed by atoms with Gasteiger partial charge in [-0.25, -0.2) is 5.43 Å². The van der Waals surface area contributed by atoms with Crippen molar-refractivity contribution in [3.05, 3.63) is 70.8 Å². The first-order valence-corrected chi connectivity index (χ1v) is 6.43. The highest BCUT2D eigenvalue weighted by molar-refractivity contribution is 5.95. The van der Waals surface area contributed by atoms with Crippen molar-refractivity contribution < 1.29 is 18.0 Å². The smallest absolute Gasteiger partial charge is 0.267 e. The average molecular weight is 306 g/mol. The van der Waals surface area contributed by atoms with Crippen LogP contribution in [-0.2, 0) is 6.18 Å². The van der Waals surface area contributed by atoms with Gasteiger partial charge in [0.15, 0.2) is 0 Å². The van der Waals surface area contributed by atoms with Crippen LogP contribution in [0, 0.1) is 6.92 Å². The van der Waals surface area contributed by atoms with Crippen LogP contribution in [-0.4, -0.2) is 12.1 Å². The van der Waals surface area contributed by atoms with E-state index < -0.39 is 17.6 Å². The summed E-state index contributed by atoms with van der Waals surface area (Å²) in [6.07, 6.45) is -3.06. The Hall–Kier alpha value is -2.63. The van der Waals surface area contributed by atoms with Crippen LogP contribution < -0.4 is 5.43 Å². The Balaban J connectivity index is 2.07. The summed E-state index contributed by atoms with van der Waals surface area (Å²) in [5.41, 5.74) is 3.05. The number of hydrogen-bond donors (Lipinski definition) is 1.